The third-order valence-corrected chi connectivity index (χ3v) is 4.05. The fourth-order valence-electron chi connectivity index (χ4n) is 2.20. The van der Waals surface area contributed by atoms with E-state index in [-0.39, 0.29) is 23.0 Å². The fraction of sp³-hybridized carbons (Fsp3) is 0.583. The van der Waals surface area contributed by atoms with E-state index in [0.717, 1.165) is 19.4 Å². The van der Waals surface area contributed by atoms with Crippen LogP contribution in [0.15, 0.2) is 16.0 Å². The van der Waals surface area contributed by atoms with Gasteiger partial charge >= 0.3 is 0 Å². The van der Waals surface area contributed by atoms with Gasteiger partial charge in [-0.3, -0.25) is 9.59 Å². The number of likely N-dealkylation sites (tertiary alicyclic amines) is 1. The Labute approximate surface area is 115 Å². The molecular weight excluding hydrogens is 264 g/mol. The normalized spacial score (nSPS) is 19.4. The minimum Gasteiger partial charge on any atom is -0.383 e. The molecule has 19 heavy (non-hydrogen) atoms. The quantitative estimate of drug-likeness (QED) is 0.633. The number of nitrogens with one attached hydrogen (secondary N) is 1. The van der Waals surface area contributed by atoms with Crippen LogP contribution in [0.5, 0.6) is 0 Å². The van der Waals surface area contributed by atoms with Crippen molar-refractivity contribution < 1.29 is 4.79 Å². The van der Waals surface area contributed by atoms with Crippen molar-refractivity contribution in [1.29, 1.82) is 0 Å². The standard InChI is InChI=1S/C12H18N4O2S/c1-8-4-2-3-5-16(8)11(18)7-19-12-14-9(13)6-10(17)15-12/h6,8H,2-5,7H2,1H3,(H3,13,14,15,17)/t8-/m1/s1. The van der Waals surface area contributed by atoms with E-state index in [1.165, 1.54) is 24.2 Å². The molecule has 0 aliphatic carbocycles. The van der Waals surface area contributed by atoms with Crippen LogP contribution in [0.1, 0.15) is 26.2 Å². The molecule has 0 saturated carbocycles. The first-order valence-electron chi connectivity index (χ1n) is 6.35. The summed E-state index contributed by atoms with van der Waals surface area (Å²) in [4.78, 5) is 31.8. The second-order valence-corrected chi connectivity index (χ2v) is 5.66. The number of nitrogen functional groups attached to an aromatic ring is 1. The molecule has 0 spiro atoms. The summed E-state index contributed by atoms with van der Waals surface area (Å²) in [7, 11) is 0. The third kappa shape index (κ3) is 3.73. The highest BCUT2D eigenvalue weighted by Crippen LogP contribution is 2.19. The molecule has 1 aliphatic heterocycles. The molecule has 1 aromatic heterocycles. The summed E-state index contributed by atoms with van der Waals surface area (Å²) in [5.74, 6) is 0.531. The summed E-state index contributed by atoms with van der Waals surface area (Å²) < 4.78 is 0. The Morgan fingerprint density at radius 2 is 2.42 bits per heavy atom. The van der Waals surface area contributed by atoms with Crippen LogP contribution in [-0.4, -0.2) is 39.1 Å². The second kappa shape index (κ2) is 6.10. The summed E-state index contributed by atoms with van der Waals surface area (Å²) in [6.45, 7) is 2.89. The summed E-state index contributed by atoms with van der Waals surface area (Å²) in [6, 6.07) is 1.52. The van der Waals surface area contributed by atoms with Crippen molar-refractivity contribution in [3.63, 3.8) is 0 Å². The Morgan fingerprint density at radius 3 is 3.11 bits per heavy atom. The van der Waals surface area contributed by atoms with Crippen LogP contribution in [0.25, 0.3) is 0 Å². The number of amides is 1. The zero-order valence-electron chi connectivity index (χ0n) is 10.9. The van der Waals surface area contributed by atoms with Crippen LogP contribution in [0, 0.1) is 0 Å². The van der Waals surface area contributed by atoms with Gasteiger partial charge in [-0.15, -0.1) is 0 Å². The van der Waals surface area contributed by atoms with Gasteiger partial charge in [0, 0.05) is 18.7 Å². The van der Waals surface area contributed by atoms with Crippen molar-refractivity contribution in [3.05, 3.63) is 16.4 Å². The largest absolute Gasteiger partial charge is 0.383 e. The lowest BCUT2D eigenvalue weighted by molar-refractivity contribution is -0.131. The molecule has 1 amide bonds. The van der Waals surface area contributed by atoms with Gasteiger partial charge in [0.2, 0.25) is 5.91 Å². The smallest absolute Gasteiger partial charge is 0.253 e. The number of carbonyl (C=O) groups is 1. The van der Waals surface area contributed by atoms with Gasteiger partial charge in [-0.25, -0.2) is 4.98 Å². The van der Waals surface area contributed by atoms with Crippen molar-refractivity contribution in [2.75, 3.05) is 18.0 Å². The molecule has 3 N–H and O–H groups in total. The molecule has 0 unspecified atom stereocenters. The van der Waals surface area contributed by atoms with Crippen LogP contribution in [0.3, 0.4) is 0 Å². The van der Waals surface area contributed by atoms with Gasteiger partial charge in [0.15, 0.2) is 5.16 Å². The van der Waals surface area contributed by atoms with Gasteiger partial charge in [-0.2, -0.15) is 0 Å². The molecule has 0 aromatic carbocycles. The number of aromatic amines is 1. The number of H-pyrrole nitrogens is 1. The van der Waals surface area contributed by atoms with E-state index in [1.54, 1.807) is 0 Å². The zero-order valence-corrected chi connectivity index (χ0v) is 11.7. The van der Waals surface area contributed by atoms with Crippen LogP contribution in [0.2, 0.25) is 0 Å². The minimum absolute atomic E-state index is 0.0854. The molecule has 6 nitrogen and oxygen atoms in total. The lowest BCUT2D eigenvalue weighted by Crippen LogP contribution is -2.43. The van der Waals surface area contributed by atoms with E-state index in [0.29, 0.717) is 11.2 Å². The summed E-state index contributed by atoms with van der Waals surface area (Å²) in [5.41, 5.74) is 5.19. The Bertz CT molecular complexity index is 517. The average Bonchev–Trinajstić information content (AvgIpc) is 2.35. The molecule has 104 valence electrons. The molecule has 7 heteroatoms. The SMILES string of the molecule is C[C@@H]1CCCCN1C(=O)CSc1nc(N)cc(=O)[nH]1. The van der Waals surface area contributed by atoms with Gasteiger partial charge in [0.05, 0.1) is 5.75 Å². The number of anilines is 1. The van der Waals surface area contributed by atoms with Crippen molar-refractivity contribution in [2.24, 2.45) is 0 Å². The summed E-state index contributed by atoms with van der Waals surface area (Å²) in [5, 5.41) is 0.392. The Morgan fingerprint density at radius 1 is 1.63 bits per heavy atom. The summed E-state index contributed by atoms with van der Waals surface area (Å²) in [6.07, 6.45) is 3.31. The molecule has 1 aromatic rings. The molecule has 1 atom stereocenters. The van der Waals surface area contributed by atoms with Gasteiger partial charge in [-0.05, 0) is 26.2 Å². The number of hydrogen-bond acceptors (Lipinski definition) is 5. The number of carbonyl (C=O) groups excluding carboxylic acids is 1. The first-order chi connectivity index (χ1) is 9.06. The van der Waals surface area contributed by atoms with E-state index < -0.39 is 0 Å². The van der Waals surface area contributed by atoms with E-state index in [1.807, 2.05) is 4.90 Å². The lowest BCUT2D eigenvalue weighted by atomic mass is 10.0. The first-order valence-corrected chi connectivity index (χ1v) is 7.34. The molecule has 0 radical (unpaired) electrons. The Balaban J connectivity index is 1.94. The first kappa shape index (κ1) is 13.9. The monoisotopic (exact) mass is 282 g/mol. The van der Waals surface area contributed by atoms with Crippen LogP contribution < -0.4 is 11.3 Å². The van der Waals surface area contributed by atoms with E-state index >= 15 is 0 Å². The van der Waals surface area contributed by atoms with Crippen molar-refractivity contribution in [1.82, 2.24) is 14.9 Å². The second-order valence-electron chi connectivity index (χ2n) is 4.70. The highest BCUT2D eigenvalue weighted by Gasteiger charge is 2.23. The molecule has 0 bridgehead atoms. The summed E-state index contributed by atoms with van der Waals surface area (Å²) >= 11 is 1.21. The number of hydrogen-bond donors (Lipinski definition) is 2. The predicted molar refractivity (Wildman–Crippen MR) is 75.0 cm³/mol. The Hall–Kier alpha value is -1.50. The van der Waals surface area contributed by atoms with Crippen molar-refractivity contribution >= 4 is 23.5 Å². The maximum atomic E-state index is 12.1. The fourth-order valence-corrected chi connectivity index (χ4v) is 2.97. The number of thioether (sulfide) groups is 1. The topological polar surface area (TPSA) is 92.1 Å². The van der Waals surface area contributed by atoms with E-state index in [4.69, 9.17) is 5.73 Å². The van der Waals surface area contributed by atoms with E-state index in [9.17, 15) is 9.59 Å². The van der Waals surface area contributed by atoms with Crippen LogP contribution in [0.4, 0.5) is 5.82 Å². The predicted octanol–water partition coefficient (Wildman–Crippen LogP) is 0.845. The third-order valence-electron chi connectivity index (χ3n) is 3.20. The molecule has 1 saturated heterocycles. The number of nitrogens with two attached hydrogens (primary N) is 1. The molecule has 1 aliphatic rings. The maximum absolute atomic E-state index is 12.1. The van der Waals surface area contributed by atoms with Crippen LogP contribution >= 0.6 is 11.8 Å². The highest BCUT2D eigenvalue weighted by atomic mass is 32.2. The van der Waals surface area contributed by atoms with Gasteiger partial charge in [0.25, 0.3) is 5.56 Å². The van der Waals surface area contributed by atoms with Crippen molar-refractivity contribution in [2.45, 2.75) is 37.4 Å². The van der Waals surface area contributed by atoms with Crippen molar-refractivity contribution in [3.8, 4) is 0 Å². The molecule has 2 rings (SSSR count). The average molecular weight is 282 g/mol. The zero-order chi connectivity index (χ0) is 13.8. The number of aromatic nitrogens is 2. The maximum Gasteiger partial charge on any atom is 0.253 e. The number of piperidine rings is 1. The van der Waals surface area contributed by atoms with E-state index in [2.05, 4.69) is 16.9 Å². The lowest BCUT2D eigenvalue weighted by Gasteiger charge is -2.33. The molecule has 1 fully saturated rings. The number of nitrogens with zero attached hydrogens (tertiary/aromatic N) is 2. The Kier molecular flexibility index (Phi) is 4.47. The van der Waals surface area contributed by atoms with Crippen LogP contribution in [-0.2, 0) is 4.79 Å². The van der Waals surface area contributed by atoms with Gasteiger partial charge in [0.1, 0.15) is 5.82 Å². The molecule has 2 heterocycles. The number of rotatable bonds is 3. The van der Waals surface area contributed by atoms with Gasteiger partial charge < -0.3 is 15.6 Å². The highest BCUT2D eigenvalue weighted by molar-refractivity contribution is 7.99. The minimum atomic E-state index is -0.297. The molecular formula is C12H18N4O2S. The van der Waals surface area contributed by atoms with Gasteiger partial charge in [-0.1, -0.05) is 11.8 Å².